The number of aryl methyl sites for hydroxylation is 1. The molecule has 0 saturated carbocycles. The number of carbonyl (C=O) groups is 1. The summed E-state index contributed by atoms with van der Waals surface area (Å²) in [4.78, 5) is 30.6. The standard InChI is InChI=1S/C27H39N5O4/c1-18-13-20(15-30-24(18)34-6)31-11-8-23(28-4)22(17-31)25(29-5)36-21-7-10-32(16-21)26(33)19-9-12-35-27(2,3)14-19/h13,15,19,21H,4,7-12,14,16-17H2,1-3,5-6H3. The van der Waals surface area contributed by atoms with Crippen LogP contribution in [0.25, 0.3) is 0 Å². The Kier molecular flexibility index (Phi) is 7.97. The van der Waals surface area contributed by atoms with E-state index in [1.165, 1.54) is 0 Å². The lowest BCUT2D eigenvalue weighted by Gasteiger charge is -2.36. The van der Waals surface area contributed by atoms with E-state index in [-0.39, 0.29) is 23.5 Å². The molecule has 1 aromatic heterocycles. The predicted octanol–water partition coefficient (Wildman–Crippen LogP) is 3.41. The maximum atomic E-state index is 13.2. The van der Waals surface area contributed by atoms with Gasteiger partial charge in [-0.1, -0.05) is 0 Å². The fourth-order valence-electron chi connectivity index (χ4n) is 5.41. The second-order valence-electron chi connectivity index (χ2n) is 10.4. The third kappa shape index (κ3) is 5.72. The number of hydrogen-bond donors (Lipinski definition) is 0. The van der Waals surface area contributed by atoms with Gasteiger partial charge in [-0.15, -0.1) is 0 Å². The second-order valence-corrected chi connectivity index (χ2v) is 10.4. The molecule has 196 valence electrons. The highest BCUT2D eigenvalue weighted by Gasteiger charge is 2.38. The highest BCUT2D eigenvalue weighted by atomic mass is 16.5. The van der Waals surface area contributed by atoms with E-state index in [0.717, 1.165) is 54.7 Å². The molecule has 9 heteroatoms. The van der Waals surface area contributed by atoms with Crippen LogP contribution in [0.2, 0.25) is 0 Å². The fraction of sp³-hybridized carbons (Fsp3) is 0.630. The highest BCUT2D eigenvalue weighted by molar-refractivity contribution is 5.96. The number of aliphatic imine (C=N–C) groups is 2. The molecule has 2 atom stereocenters. The van der Waals surface area contributed by atoms with Crippen molar-refractivity contribution in [1.29, 1.82) is 0 Å². The smallest absolute Gasteiger partial charge is 0.226 e. The van der Waals surface area contributed by atoms with Gasteiger partial charge in [-0.25, -0.2) is 4.98 Å². The lowest BCUT2D eigenvalue weighted by molar-refractivity contribution is -0.144. The summed E-state index contributed by atoms with van der Waals surface area (Å²) in [7, 11) is 3.37. The average Bonchev–Trinajstić information content (AvgIpc) is 3.34. The first-order valence-corrected chi connectivity index (χ1v) is 12.8. The number of pyridine rings is 1. The Balaban J connectivity index is 1.42. The molecule has 0 bridgehead atoms. The number of rotatable bonds is 6. The summed E-state index contributed by atoms with van der Waals surface area (Å²) < 4.78 is 17.5. The van der Waals surface area contributed by atoms with Gasteiger partial charge in [0.2, 0.25) is 17.7 Å². The van der Waals surface area contributed by atoms with E-state index in [0.29, 0.717) is 38.0 Å². The van der Waals surface area contributed by atoms with Crippen molar-refractivity contribution in [2.45, 2.75) is 58.2 Å². The molecule has 0 radical (unpaired) electrons. The summed E-state index contributed by atoms with van der Waals surface area (Å²) in [6.07, 6.45) is 4.79. The molecule has 2 unspecified atom stereocenters. The summed E-state index contributed by atoms with van der Waals surface area (Å²) in [5.41, 5.74) is 3.59. The van der Waals surface area contributed by atoms with Gasteiger partial charge in [-0.3, -0.25) is 14.8 Å². The van der Waals surface area contributed by atoms with E-state index < -0.39 is 0 Å². The third-order valence-corrected chi connectivity index (χ3v) is 7.32. The zero-order chi connectivity index (χ0) is 25.9. The number of likely N-dealkylation sites (tertiary alicyclic amines) is 1. The van der Waals surface area contributed by atoms with Crippen molar-refractivity contribution in [2.75, 3.05) is 51.8 Å². The number of amides is 1. The van der Waals surface area contributed by atoms with Gasteiger partial charge in [0, 0.05) is 51.1 Å². The number of carbonyl (C=O) groups excluding carboxylic acids is 1. The van der Waals surface area contributed by atoms with Crippen molar-refractivity contribution in [1.82, 2.24) is 9.88 Å². The first-order valence-electron chi connectivity index (χ1n) is 12.8. The molecule has 0 aromatic carbocycles. The van der Waals surface area contributed by atoms with Crippen molar-refractivity contribution in [3.05, 3.63) is 29.1 Å². The van der Waals surface area contributed by atoms with Crippen LogP contribution in [0.4, 0.5) is 5.69 Å². The Bertz CT molecular complexity index is 1050. The van der Waals surface area contributed by atoms with Gasteiger partial charge >= 0.3 is 0 Å². The van der Waals surface area contributed by atoms with Crippen molar-refractivity contribution < 1.29 is 19.0 Å². The van der Waals surface area contributed by atoms with Gasteiger partial charge in [-0.2, -0.15) is 0 Å². The molecule has 0 N–H and O–H groups in total. The molecular weight excluding hydrogens is 458 g/mol. The van der Waals surface area contributed by atoms with E-state index in [2.05, 4.69) is 46.5 Å². The van der Waals surface area contributed by atoms with Gasteiger partial charge in [0.15, 0.2) is 0 Å². The summed E-state index contributed by atoms with van der Waals surface area (Å²) in [5.74, 6) is 1.43. The van der Waals surface area contributed by atoms with Crippen LogP contribution in [0.5, 0.6) is 5.88 Å². The molecule has 3 aliphatic rings. The maximum Gasteiger partial charge on any atom is 0.226 e. The minimum Gasteiger partial charge on any atom is -0.481 e. The van der Waals surface area contributed by atoms with E-state index in [4.69, 9.17) is 14.2 Å². The number of methoxy groups -OCH3 is 1. The van der Waals surface area contributed by atoms with E-state index in [1.54, 1.807) is 14.2 Å². The third-order valence-electron chi connectivity index (χ3n) is 7.32. The summed E-state index contributed by atoms with van der Waals surface area (Å²) in [6.45, 7) is 13.2. The van der Waals surface area contributed by atoms with Crippen molar-refractivity contribution in [2.24, 2.45) is 15.9 Å². The van der Waals surface area contributed by atoms with Gasteiger partial charge in [0.1, 0.15) is 6.10 Å². The zero-order valence-corrected chi connectivity index (χ0v) is 22.2. The Labute approximate surface area is 214 Å². The van der Waals surface area contributed by atoms with Crippen molar-refractivity contribution >= 4 is 24.2 Å². The maximum absolute atomic E-state index is 13.2. The Morgan fingerprint density at radius 1 is 1.31 bits per heavy atom. The number of anilines is 1. The van der Waals surface area contributed by atoms with Crippen LogP contribution in [0.15, 0.2) is 33.5 Å². The first kappa shape index (κ1) is 26.1. The number of nitrogens with zero attached hydrogens (tertiary/aromatic N) is 5. The molecule has 4 rings (SSSR count). The first-order chi connectivity index (χ1) is 17.2. The molecule has 1 amide bonds. The topological polar surface area (TPSA) is 88.9 Å². The molecule has 3 aliphatic heterocycles. The van der Waals surface area contributed by atoms with Crippen LogP contribution >= 0.6 is 0 Å². The van der Waals surface area contributed by atoms with Crippen LogP contribution in [0.1, 0.15) is 45.1 Å². The molecule has 36 heavy (non-hydrogen) atoms. The Morgan fingerprint density at radius 2 is 2.11 bits per heavy atom. The normalized spacial score (nSPS) is 24.6. The van der Waals surface area contributed by atoms with Crippen LogP contribution in [-0.2, 0) is 14.3 Å². The van der Waals surface area contributed by atoms with Crippen molar-refractivity contribution in [3.8, 4) is 5.88 Å². The predicted molar refractivity (Wildman–Crippen MR) is 141 cm³/mol. The minimum absolute atomic E-state index is 0.0135. The molecular formula is C27H39N5O4. The monoisotopic (exact) mass is 497 g/mol. The number of aromatic nitrogens is 1. The number of ether oxygens (including phenoxy) is 3. The van der Waals surface area contributed by atoms with Crippen molar-refractivity contribution in [3.63, 3.8) is 0 Å². The Hall–Kier alpha value is -2.94. The van der Waals surface area contributed by atoms with E-state index in [1.807, 2.05) is 18.0 Å². The fourth-order valence-corrected chi connectivity index (χ4v) is 5.41. The summed E-state index contributed by atoms with van der Waals surface area (Å²) in [6, 6.07) is 2.08. The molecule has 0 aliphatic carbocycles. The van der Waals surface area contributed by atoms with Crippen LogP contribution in [-0.4, -0.2) is 87.1 Å². The number of hydrogen-bond acceptors (Lipinski definition) is 8. The summed E-state index contributed by atoms with van der Waals surface area (Å²) in [5, 5.41) is 0. The van der Waals surface area contributed by atoms with Gasteiger partial charge in [0.25, 0.3) is 0 Å². The van der Waals surface area contributed by atoms with Gasteiger partial charge in [0.05, 0.1) is 49.0 Å². The molecule has 2 fully saturated rings. The minimum atomic E-state index is -0.248. The largest absolute Gasteiger partial charge is 0.481 e. The van der Waals surface area contributed by atoms with Gasteiger partial charge < -0.3 is 24.0 Å². The SMILES string of the molecule is C=NC1=C(C(=NC)OC2CCN(C(=O)C3CCOC(C)(C)C3)C2)CN(c2cnc(OC)c(C)c2)CC1. The average molecular weight is 498 g/mol. The Morgan fingerprint density at radius 3 is 2.78 bits per heavy atom. The van der Waals surface area contributed by atoms with Crippen LogP contribution in [0, 0.1) is 12.8 Å². The molecule has 9 nitrogen and oxygen atoms in total. The highest BCUT2D eigenvalue weighted by Crippen LogP contribution is 2.32. The lowest BCUT2D eigenvalue weighted by atomic mass is 9.87. The molecule has 2 saturated heterocycles. The quantitative estimate of drug-likeness (QED) is 0.442. The second kappa shape index (κ2) is 11.0. The lowest BCUT2D eigenvalue weighted by Crippen LogP contribution is -2.43. The zero-order valence-electron chi connectivity index (χ0n) is 22.2. The molecule has 0 spiro atoms. The van der Waals surface area contributed by atoms with E-state index in [9.17, 15) is 4.79 Å². The summed E-state index contributed by atoms with van der Waals surface area (Å²) >= 11 is 0. The molecule has 4 heterocycles. The van der Waals surface area contributed by atoms with Gasteiger partial charge in [-0.05, 0) is 46.4 Å². The van der Waals surface area contributed by atoms with Crippen LogP contribution in [0.3, 0.4) is 0 Å². The van der Waals surface area contributed by atoms with Crippen LogP contribution < -0.4 is 9.64 Å². The van der Waals surface area contributed by atoms with E-state index >= 15 is 0 Å². The molecule has 1 aromatic rings.